The van der Waals surface area contributed by atoms with Crippen LogP contribution in [0, 0.1) is 0 Å². The molecular weight excluding hydrogens is 228 g/mol. The van der Waals surface area contributed by atoms with Crippen LogP contribution in [-0.2, 0) is 14.4 Å². The highest BCUT2D eigenvalue weighted by Crippen LogP contribution is 1.89. The first kappa shape index (κ1) is 11.7. The highest BCUT2D eigenvalue weighted by molar-refractivity contribution is 5.83. The van der Waals surface area contributed by atoms with Gasteiger partial charge in [-0.2, -0.15) is 0 Å². The van der Waals surface area contributed by atoms with E-state index in [-0.39, 0.29) is 6.54 Å². The van der Waals surface area contributed by atoms with Gasteiger partial charge in [-0.1, -0.05) is 0 Å². The van der Waals surface area contributed by atoms with Crippen molar-refractivity contribution in [3.05, 3.63) is 0 Å². The van der Waals surface area contributed by atoms with E-state index in [1.54, 1.807) is 6.21 Å². The Bertz CT molecular complexity index is 362. The largest absolute Gasteiger partial charge is 0.481 e. The number of hydrogen-bond acceptors (Lipinski definition) is 6. The molecule has 1 heterocycles. The number of nitrogens with one attached hydrogen (secondary N) is 3. The third-order valence-electron chi connectivity index (χ3n) is 1.90. The van der Waals surface area contributed by atoms with Crippen molar-refractivity contribution in [3.63, 3.8) is 0 Å². The van der Waals surface area contributed by atoms with Crippen LogP contribution in [0.25, 0.3) is 0 Å². The van der Waals surface area contributed by atoms with E-state index in [1.807, 2.05) is 0 Å². The molecule has 4 N–H and O–H groups in total. The summed E-state index contributed by atoms with van der Waals surface area (Å²) in [7, 11) is 0. The van der Waals surface area contributed by atoms with Crippen LogP contribution in [0.3, 0.4) is 0 Å². The van der Waals surface area contributed by atoms with Crippen molar-refractivity contribution in [2.24, 2.45) is 4.99 Å². The number of nitrogens with zero attached hydrogens (tertiary/aromatic N) is 1. The molecule has 0 bridgehead atoms. The van der Waals surface area contributed by atoms with Crippen molar-refractivity contribution in [2.75, 3.05) is 13.1 Å². The Morgan fingerprint density at radius 3 is 3.06 bits per heavy atom. The lowest BCUT2D eigenvalue weighted by atomic mass is 10.2. The number of hydrogen-bond donors (Lipinski definition) is 4. The van der Waals surface area contributed by atoms with Gasteiger partial charge in [0.2, 0.25) is 12.2 Å². The second-order valence-corrected chi connectivity index (χ2v) is 3.29. The predicted molar refractivity (Wildman–Crippen MR) is 58.2 cm³/mol. The molecule has 8 nitrogen and oxygen atoms in total. The highest BCUT2D eigenvalue weighted by atomic mass is 16.4. The van der Waals surface area contributed by atoms with Gasteiger partial charge in [0.15, 0.2) is 6.29 Å². The SMILES string of the molecule is [2H]N(CC(=O)N[C@H]([C]=O)CC(=O)O)C1N=CCN1. The first-order valence-electron chi connectivity index (χ1n) is 5.37. The summed E-state index contributed by atoms with van der Waals surface area (Å²) in [5, 5.41) is 14.4. The lowest BCUT2D eigenvalue weighted by molar-refractivity contribution is -0.137. The quantitative estimate of drug-likeness (QED) is 0.395. The molecule has 0 aromatic rings. The summed E-state index contributed by atoms with van der Waals surface area (Å²) >= 11 is 0. The second kappa shape index (κ2) is 6.71. The Morgan fingerprint density at radius 1 is 1.76 bits per heavy atom. The molecule has 1 amide bonds. The lowest BCUT2D eigenvalue weighted by Crippen LogP contribution is -2.46. The van der Waals surface area contributed by atoms with E-state index < -0.39 is 30.6 Å². The number of carboxylic acid groups (broad SMARTS) is 1. The Hall–Kier alpha value is -1.80. The molecule has 1 radical (unpaired) electrons. The number of amides is 1. The minimum absolute atomic E-state index is 0.327. The molecule has 1 aliphatic rings. The van der Waals surface area contributed by atoms with Crippen LogP contribution in [0.15, 0.2) is 4.99 Å². The third-order valence-corrected chi connectivity index (χ3v) is 1.90. The lowest BCUT2D eigenvalue weighted by Gasteiger charge is -2.12. The standard InChI is InChI=1S/C9H13N4O4/c14-5-6(3-8(16)17)13-7(15)4-12-9-10-1-2-11-9/h1,6,9,11-12H,2-4H2,(H,13,15)(H,16,17)/t6-,9?/m0/s1/i/hD. The first-order valence-corrected chi connectivity index (χ1v) is 4.92. The van der Waals surface area contributed by atoms with E-state index in [2.05, 4.69) is 15.6 Å². The van der Waals surface area contributed by atoms with Crippen molar-refractivity contribution >= 4 is 24.4 Å². The van der Waals surface area contributed by atoms with Gasteiger partial charge in [-0.3, -0.25) is 30.0 Å². The summed E-state index contributed by atoms with van der Waals surface area (Å²) in [5.74, 6) is -1.85. The molecule has 0 spiro atoms. The number of carbonyl (C=O) groups is 2. The Balaban J connectivity index is 2.37. The van der Waals surface area contributed by atoms with E-state index in [1.165, 1.54) is 6.29 Å². The van der Waals surface area contributed by atoms with Gasteiger partial charge in [-0.15, -0.1) is 0 Å². The maximum absolute atomic E-state index is 11.4. The summed E-state index contributed by atoms with van der Waals surface area (Å²) in [5.41, 5.74) is 0. The van der Waals surface area contributed by atoms with Crippen molar-refractivity contribution < 1.29 is 20.9 Å². The molecule has 2 atom stereocenters. The van der Waals surface area contributed by atoms with Gasteiger partial charge < -0.3 is 10.4 Å². The van der Waals surface area contributed by atoms with E-state index in [4.69, 9.17) is 6.52 Å². The average molecular weight is 242 g/mol. The van der Waals surface area contributed by atoms with Gasteiger partial charge in [-0.05, 0) is 0 Å². The smallest absolute Gasteiger partial charge is 0.305 e. The van der Waals surface area contributed by atoms with E-state index in [0.29, 0.717) is 6.54 Å². The maximum atomic E-state index is 11.4. The maximum Gasteiger partial charge on any atom is 0.305 e. The summed E-state index contributed by atoms with van der Waals surface area (Å²) in [4.78, 5) is 36.1. The van der Waals surface area contributed by atoms with Crippen LogP contribution in [-0.4, -0.2) is 54.9 Å². The summed E-state index contributed by atoms with van der Waals surface area (Å²) < 4.78 is 7.52. The molecule has 0 aromatic carbocycles. The highest BCUT2D eigenvalue weighted by Gasteiger charge is 2.17. The van der Waals surface area contributed by atoms with Gasteiger partial charge in [0, 0.05) is 12.8 Å². The number of rotatable bonds is 7. The van der Waals surface area contributed by atoms with Crippen LogP contribution >= 0.6 is 0 Å². The van der Waals surface area contributed by atoms with Crippen molar-refractivity contribution in [3.8, 4) is 0 Å². The Labute approximate surface area is 98.9 Å². The molecular formula is C9H13N4O4. The Morgan fingerprint density at radius 2 is 2.53 bits per heavy atom. The van der Waals surface area contributed by atoms with Crippen molar-refractivity contribution in [2.45, 2.75) is 18.8 Å². The van der Waals surface area contributed by atoms with Crippen LogP contribution in [0.2, 0.25) is 1.41 Å². The topological polar surface area (TPSA) is 120 Å². The predicted octanol–water partition coefficient (Wildman–Crippen LogP) is -2.40. The first-order chi connectivity index (χ1) is 8.52. The zero-order chi connectivity index (χ0) is 13.5. The zero-order valence-electron chi connectivity index (χ0n) is 9.92. The monoisotopic (exact) mass is 242 g/mol. The zero-order valence-corrected chi connectivity index (χ0v) is 8.92. The molecule has 0 saturated carbocycles. The van der Waals surface area contributed by atoms with Crippen LogP contribution < -0.4 is 15.9 Å². The molecule has 1 aliphatic heterocycles. The number of carbonyl (C=O) groups excluding carboxylic acids is 2. The van der Waals surface area contributed by atoms with Crippen LogP contribution in [0.4, 0.5) is 0 Å². The molecule has 0 aromatic heterocycles. The number of carboxylic acids is 1. The summed E-state index contributed by atoms with van der Waals surface area (Å²) in [6.07, 6.45) is 1.86. The van der Waals surface area contributed by atoms with Crippen molar-refractivity contribution in [1.82, 2.24) is 15.9 Å². The van der Waals surface area contributed by atoms with Gasteiger partial charge in [0.1, 0.15) is 7.45 Å². The second-order valence-electron chi connectivity index (χ2n) is 3.29. The molecule has 1 rings (SSSR count). The van der Waals surface area contributed by atoms with Gasteiger partial charge >= 0.3 is 5.97 Å². The molecule has 93 valence electrons. The number of aliphatic carboxylic acids is 1. The van der Waals surface area contributed by atoms with E-state index in [0.717, 1.165) is 5.31 Å². The normalized spacial score (nSPS) is 21.0. The number of aliphatic imine (C=N–C) groups is 1. The van der Waals surface area contributed by atoms with Gasteiger partial charge in [-0.25, -0.2) is 0 Å². The minimum atomic E-state index is -1.21. The fourth-order valence-electron chi connectivity index (χ4n) is 1.18. The molecule has 1 unspecified atom stereocenters. The average Bonchev–Trinajstić information content (AvgIpc) is 2.80. The van der Waals surface area contributed by atoms with E-state index >= 15 is 0 Å². The van der Waals surface area contributed by atoms with Crippen LogP contribution in [0.5, 0.6) is 0 Å². The molecule has 0 aliphatic carbocycles. The minimum Gasteiger partial charge on any atom is -0.481 e. The van der Waals surface area contributed by atoms with E-state index in [9.17, 15) is 14.4 Å². The third kappa shape index (κ3) is 5.18. The summed E-state index contributed by atoms with van der Waals surface area (Å²) in [6, 6.07) is -1.21. The molecule has 0 fully saturated rings. The van der Waals surface area contributed by atoms with Gasteiger partial charge in [0.05, 0.1) is 13.0 Å². The molecule has 8 heteroatoms. The summed E-state index contributed by atoms with van der Waals surface area (Å²) in [6.45, 7) is 0.193. The molecule has 17 heavy (non-hydrogen) atoms. The van der Waals surface area contributed by atoms with Gasteiger partial charge in [0.25, 0.3) is 0 Å². The van der Waals surface area contributed by atoms with Crippen LogP contribution in [0.1, 0.15) is 6.42 Å². The fraction of sp³-hybridized carbons (Fsp3) is 0.556. The Kier molecular flexibility index (Phi) is 4.61. The fourth-order valence-corrected chi connectivity index (χ4v) is 1.18. The van der Waals surface area contributed by atoms with Crippen molar-refractivity contribution in [1.29, 1.82) is 0 Å². The molecule has 0 saturated heterocycles.